The number of anilines is 2. The number of carbonyl (C=O) groups excluding carboxylic acids is 1. The summed E-state index contributed by atoms with van der Waals surface area (Å²) in [7, 11) is 2.00. The summed E-state index contributed by atoms with van der Waals surface area (Å²) in [5, 5.41) is 11.5. The molecule has 37 heavy (non-hydrogen) atoms. The lowest BCUT2D eigenvalue weighted by molar-refractivity contribution is -0.384. The maximum atomic E-state index is 15.5. The molecule has 0 bridgehead atoms. The summed E-state index contributed by atoms with van der Waals surface area (Å²) in [6.45, 7) is 4.83. The van der Waals surface area contributed by atoms with Gasteiger partial charge in [-0.1, -0.05) is 11.6 Å². The number of nitrogens with one attached hydrogen (secondary N) is 2. The number of piperazine rings is 1. The van der Waals surface area contributed by atoms with Crippen molar-refractivity contribution in [2.24, 2.45) is 0 Å². The van der Waals surface area contributed by atoms with Gasteiger partial charge in [-0.3, -0.25) is 30.6 Å². The van der Waals surface area contributed by atoms with E-state index in [0.29, 0.717) is 24.3 Å². The molecule has 3 heterocycles. The van der Waals surface area contributed by atoms with Crippen LogP contribution >= 0.6 is 11.6 Å². The number of ether oxygens (including phenoxy) is 1. The highest BCUT2D eigenvalue weighted by Crippen LogP contribution is 2.42. The van der Waals surface area contributed by atoms with Crippen LogP contribution in [0.1, 0.15) is 23.3 Å². The highest BCUT2D eigenvalue weighted by Gasteiger charge is 2.31. The molecule has 13 heteroatoms. The van der Waals surface area contributed by atoms with Crippen molar-refractivity contribution in [1.29, 1.82) is 0 Å². The van der Waals surface area contributed by atoms with Gasteiger partial charge in [0.2, 0.25) is 5.43 Å². The number of nitro groups is 1. The summed E-state index contributed by atoms with van der Waals surface area (Å²) < 4.78 is 23.2. The van der Waals surface area contributed by atoms with Crippen LogP contribution in [0.15, 0.2) is 35.3 Å². The predicted molar refractivity (Wildman–Crippen MR) is 137 cm³/mol. The number of rotatable bonds is 5. The molecule has 11 nitrogen and oxygen atoms in total. The van der Waals surface area contributed by atoms with Crippen LogP contribution in [-0.4, -0.2) is 60.1 Å². The second-order valence-electron chi connectivity index (χ2n) is 9.16. The van der Waals surface area contributed by atoms with Gasteiger partial charge >= 0.3 is 0 Å². The quantitative estimate of drug-likeness (QED) is 0.381. The molecule has 2 aliphatic rings. The third-order valence-corrected chi connectivity index (χ3v) is 6.91. The van der Waals surface area contributed by atoms with Crippen LogP contribution in [0.2, 0.25) is 5.02 Å². The Morgan fingerprint density at radius 1 is 1.24 bits per heavy atom. The first kappa shape index (κ1) is 24.8. The molecule has 0 aliphatic carbocycles. The number of nitrogens with zero attached hydrogens (tertiary/aromatic N) is 4. The zero-order valence-corrected chi connectivity index (χ0v) is 20.8. The van der Waals surface area contributed by atoms with E-state index in [-0.39, 0.29) is 45.7 Å². The zero-order chi connectivity index (χ0) is 26.4. The number of hydrogen-bond donors (Lipinski definition) is 2. The maximum absolute atomic E-state index is 15.5. The maximum Gasteiger partial charge on any atom is 0.295 e. The Morgan fingerprint density at radius 2 is 1.97 bits per heavy atom. The fourth-order valence-electron chi connectivity index (χ4n) is 4.65. The number of likely N-dealkylation sites (N-methyl/N-ethyl adjacent to an activating group) is 1. The van der Waals surface area contributed by atoms with Gasteiger partial charge < -0.3 is 19.1 Å². The van der Waals surface area contributed by atoms with Crippen molar-refractivity contribution in [2.45, 2.75) is 13.0 Å². The molecule has 1 aromatic heterocycles. The molecular weight excluding hydrogens is 507 g/mol. The van der Waals surface area contributed by atoms with Crippen molar-refractivity contribution in [3.63, 3.8) is 0 Å². The summed E-state index contributed by atoms with van der Waals surface area (Å²) in [6.07, 6.45) is 1.42. The number of hydrazine groups is 1. The van der Waals surface area contributed by atoms with Gasteiger partial charge in [0.15, 0.2) is 11.6 Å². The Balaban J connectivity index is 1.54. The van der Waals surface area contributed by atoms with E-state index in [1.165, 1.54) is 18.3 Å². The van der Waals surface area contributed by atoms with Crippen molar-refractivity contribution in [2.75, 3.05) is 50.2 Å². The average Bonchev–Trinajstić information content (AvgIpc) is 2.87. The molecule has 1 atom stereocenters. The minimum atomic E-state index is -0.830. The zero-order valence-electron chi connectivity index (χ0n) is 20.1. The topological polar surface area (TPSA) is 122 Å². The van der Waals surface area contributed by atoms with Gasteiger partial charge in [-0.15, -0.1) is 0 Å². The van der Waals surface area contributed by atoms with Gasteiger partial charge in [0.25, 0.3) is 11.6 Å². The molecule has 1 amide bonds. The van der Waals surface area contributed by atoms with E-state index in [9.17, 15) is 19.7 Å². The molecule has 1 unspecified atom stereocenters. The van der Waals surface area contributed by atoms with Crippen molar-refractivity contribution in [1.82, 2.24) is 14.9 Å². The van der Waals surface area contributed by atoms with Crippen LogP contribution in [0.25, 0.3) is 10.9 Å². The van der Waals surface area contributed by atoms with E-state index in [1.54, 1.807) is 4.57 Å². The fraction of sp³-hybridized carbons (Fsp3) is 0.333. The van der Waals surface area contributed by atoms with E-state index in [1.807, 2.05) is 18.9 Å². The molecule has 0 spiro atoms. The number of hydrogen-bond acceptors (Lipinski definition) is 8. The minimum Gasteiger partial charge on any atom is -0.487 e. The largest absolute Gasteiger partial charge is 0.487 e. The molecule has 3 aromatic rings. The van der Waals surface area contributed by atoms with Crippen LogP contribution in [0.4, 0.5) is 21.5 Å². The lowest BCUT2D eigenvalue weighted by Crippen LogP contribution is -2.45. The summed E-state index contributed by atoms with van der Waals surface area (Å²) in [6, 6.07) is 4.80. The molecule has 2 N–H and O–H groups in total. The number of amides is 1. The number of halogens is 2. The van der Waals surface area contributed by atoms with E-state index < -0.39 is 22.1 Å². The van der Waals surface area contributed by atoms with Crippen LogP contribution < -0.4 is 25.9 Å². The summed E-state index contributed by atoms with van der Waals surface area (Å²) >= 11 is 5.83. The number of nitro benzene ring substituents is 1. The highest BCUT2D eigenvalue weighted by atomic mass is 35.5. The number of benzene rings is 2. The van der Waals surface area contributed by atoms with Gasteiger partial charge in [0, 0.05) is 43.5 Å². The minimum absolute atomic E-state index is 0.0158. The lowest BCUT2D eigenvalue weighted by Gasteiger charge is -2.37. The first-order valence-electron chi connectivity index (χ1n) is 11.6. The number of pyridine rings is 1. The first-order valence-corrected chi connectivity index (χ1v) is 12.0. The Kier molecular flexibility index (Phi) is 6.38. The molecule has 194 valence electrons. The predicted octanol–water partition coefficient (Wildman–Crippen LogP) is 3.16. The van der Waals surface area contributed by atoms with Crippen molar-refractivity contribution in [3.8, 4) is 5.75 Å². The van der Waals surface area contributed by atoms with Gasteiger partial charge in [0.1, 0.15) is 23.5 Å². The summed E-state index contributed by atoms with van der Waals surface area (Å²) in [4.78, 5) is 41.1. The van der Waals surface area contributed by atoms with Crippen molar-refractivity contribution >= 4 is 45.5 Å². The van der Waals surface area contributed by atoms with Gasteiger partial charge in [-0.05, 0) is 32.2 Å². The number of aromatic nitrogens is 1. The third-order valence-electron chi connectivity index (χ3n) is 6.67. The molecule has 1 saturated heterocycles. The average molecular weight is 531 g/mol. The van der Waals surface area contributed by atoms with Crippen LogP contribution in [0.5, 0.6) is 5.75 Å². The van der Waals surface area contributed by atoms with E-state index >= 15 is 4.39 Å². The Bertz CT molecular complexity index is 1490. The van der Waals surface area contributed by atoms with E-state index in [4.69, 9.17) is 16.3 Å². The summed E-state index contributed by atoms with van der Waals surface area (Å²) in [5.41, 5.74) is 4.25. The monoisotopic (exact) mass is 530 g/mol. The molecule has 0 saturated carbocycles. The molecular formula is C24H24ClFN6O5. The SMILES string of the molecule is CC1COc2c(N3CCN(C)CC3)c(F)cc3c(=O)c(C(=O)NNc4ccc(Cl)cc4[N+](=O)[O-])cn1c23. The molecule has 5 rings (SSSR count). The first-order chi connectivity index (χ1) is 17.7. The third kappa shape index (κ3) is 4.42. The standard InChI is InChI=1S/C24H24ClFN6O5/c1-13-12-37-23-20-15(10-17(26)21(23)30-7-5-29(2)6-8-30)22(33)16(11-31(13)20)24(34)28-27-18-4-3-14(25)9-19(18)32(35)36/h3-4,9-11,13,27H,5-8,12H2,1-2H3,(H,28,34). The molecule has 0 radical (unpaired) electrons. The Hall–Kier alpha value is -3.90. The van der Waals surface area contributed by atoms with Crippen molar-refractivity contribution in [3.05, 3.63) is 67.2 Å². The second kappa shape index (κ2) is 9.52. The van der Waals surface area contributed by atoms with Crippen LogP contribution in [0.3, 0.4) is 0 Å². The molecule has 2 aliphatic heterocycles. The van der Waals surface area contributed by atoms with E-state index in [0.717, 1.165) is 25.2 Å². The van der Waals surface area contributed by atoms with Crippen molar-refractivity contribution < 1.29 is 18.8 Å². The summed E-state index contributed by atoms with van der Waals surface area (Å²) in [5.74, 6) is -1.14. The normalized spacial score (nSPS) is 17.4. The molecule has 2 aromatic carbocycles. The smallest absolute Gasteiger partial charge is 0.295 e. The Labute approximate surface area is 215 Å². The van der Waals surface area contributed by atoms with Gasteiger partial charge in [0.05, 0.1) is 21.9 Å². The lowest BCUT2D eigenvalue weighted by atomic mass is 10.0. The fourth-order valence-corrected chi connectivity index (χ4v) is 4.82. The van der Waals surface area contributed by atoms with Gasteiger partial charge in [-0.25, -0.2) is 4.39 Å². The van der Waals surface area contributed by atoms with Gasteiger partial charge in [-0.2, -0.15) is 0 Å². The molecule has 1 fully saturated rings. The van der Waals surface area contributed by atoms with Crippen LogP contribution in [-0.2, 0) is 0 Å². The second-order valence-corrected chi connectivity index (χ2v) is 9.60. The number of carbonyl (C=O) groups is 1. The highest BCUT2D eigenvalue weighted by molar-refractivity contribution is 6.30. The Morgan fingerprint density at radius 3 is 2.68 bits per heavy atom. The van der Waals surface area contributed by atoms with Crippen LogP contribution in [0, 0.1) is 15.9 Å². The van der Waals surface area contributed by atoms with E-state index in [2.05, 4.69) is 15.8 Å².